The Labute approximate surface area is 139 Å². The van der Waals surface area contributed by atoms with Gasteiger partial charge in [0.05, 0.1) is 25.9 Å². The minimum Gasteiger partial charge on any atom is -0.392 e. The Balaban J connectivity index is 1.87. The summed E-state index contributed by atoms with van der Waals surface area (Å²) >= 11 is 8.66. The summed E-state index contributed by atoms with van der Waals surface area (Å²) in [4.78, 5) is 2.02. The first-order chi connectivity index (χ1) is 9.72. The van der Waals surface area contributed by atoms with Crippen LogP contribution in [0.3, 0.4) is 0 Å². The molecular formula is C13H12O2S5. The largest absolute Gasteiger partial charge is 0.392 e. The van der Waals surface area contributed by atoms with Gasteiger partial charge in [0, 0.05) is 9.81 Å². The first-order valence-corrected chi connectivity index (χ1v) is 10.0. The topological polar surface area (TPSA) is 40.5 Å². The van der Waals surface area contributed by atoms with Crippen molar-refractivity contribution in [2.45, 2.75) is 6.42 Å². The molecule has 3 aliphatic heterocycles. The molecule has 0 bridgehead atoms. The molecule has 0 atom stereocenters. The average molecular weight is 361 g/mol. The van der Waals surface area contributed by atoms with E-state index in [1.54, 1.807) is 58.8 Å². The maximum absolute atomic E-state index is 9.46. The molecule has 3 heterocycles. The molecule has 0 aromatic rings. The number of rotatable bonds is 2. The number of hydrogen-bond acceptors (Lipinski definition) is 7. The van der Waals surface area contributed by atoms with E-state index in [0.717, 1.165) is 21.0 Å². The van der Waals surface area contributed by atoms with Crippen molar-refractivity contribution in [3.05, 3.63) is 51.1 Å². The second-order valence-corrected chi connectivity index (χ2v) is 9.88. The first kappa shape index (κ1) is 15.3. The van der Waals surface area contributed by atoms with Crippen molar-refractivity contribution in [2.75, 3.05) is 13.2 Å². The second-order valence-electron chi connectivity index (χ2n) is 4.13. The highest BCUT2D eigenvalue weighted by Crippen LogP contribution is 2.63. The Morgan fingerprint density at radius 2 is 1.60 bits per heavy atom. The van der Waals surface area contributed by atoms with Gasteiger partial charge in [0.25, 0.3) is 0 Å². The standard InChI is InChI=1S/C13H12O2S5/c1-7-4-8(5-14)9(6-15)18-10(7)11-19-12-13(20-11)17-3-2-16-12/h2-3,14-15H,1,4-6H2. The van der Waals surface area contributed by atoms with Crippen LogP contribution in [0, 0.1) is 0 Å². The first-order valence-electron chi connectivity index (χ1n) is 5.84. The van der Waals surface area contributed by atoms with Crippen LogP contribution in [-0.2, 0) is 0 Å². The van der Waals surface area contributed by atoms with Gasteiger partial charge in [-0.05, 0) is 28.4 Å². The monoisotopic (exact) mass is 360 g/mol. The van der Waals surface area contributed by atoms with Crippen molar-refractivity contribution in [3.63, 3.8) is 0 Å². The fourth-order valence-electron chi connectivity index (χ4n) is 1.87. The molecule has 0 unspecified atom stereocenters. The molecule has 0 amide bonds. The molecule has 106 valence electrons. The zero-order valence-corrected chi connectivity index (χ0v) is 14.5. The molecule has 20 heavy (non-hydrogen) atoms. The lowest BCUT2D eigenvalue weighted by Gasteiger charge is -2.23. The van der Waals surface area contributed by atoms with Crippen molar-refractivity contribution >= 4 is 58.8 Å². The number of allylic oxidation sites excluding steroid dienone is 1. The molecule has 0 aromatic carbocycles. The number of aliphatic hydroxyl groups is 2. The van der Waals surface area contributed by atoms with Crippen LogP contribution in [0.5, 0.6) is 0 Å². The SMILES string of the molecule is C=C1CC(CO)=C(CO)SC1=C1SC2=C(SC=CS2)S1. The summed E-state index contributed by atoms with van der Waals surface area (Å²) in [7, 11) is 0. The normalized spacial score (nSPS) is 23.0. The van der Waals surface area contributed by atoms with Crippen molar-refractivity contribution < 1.29 is 10.2 Å². The summed E-state index contributed by atoms with van der Waals surface area (Å²) in [5, 5.41) is 23.0. The van der Waals surface area contributed by atoms with E-state index in [2.05, 4.69) is 17.4 Å². The summed E-state index contributed by atoms with van der Waals surface area (Å²) in [6, 6.07) is 0. The van der Waals surface area contributed by atoms with Crippen LogP contribution >= 0.6 is 58.8 Å². The van der Waals surface area contributed by atoms with Gasteiger partial charge in [0.1, 0.15) is 0 Å². The third kappa shape index (κ3) is 2.95. The molecule has 0 aromatic heterocycles. The molecule has 0 saturated carbocycles. The minimum atomic E-state index is -0.0157. The number of aliphatic hydroxyl groups excluding tert-OH is 2. The Hall–Kier alpha value is 0.370. The van der Waals surface area contributed by atoms with Crippen molar-refractivity contribution in [2.24, 2.45) is 0 Å². The smallest absolute Gasteiger partial charge is 0.0744 e. The van der Waals surface area contributed by atoms with E-state index < -0.39 is 0 Å². The maximum atomic E-state index is 9.46. The van der Waals surface area contributed by atoms with Gasteiger partial charge in [0.2, 0.25) is 0 Å². The zero-order chi connectivity index (χ0) is 14.1. The number of hydrogen-bond donors (Lipinski definition) is 2. The van der Waals surface area contributed by atoms with E-state index in [-0.39, 0.29) is 13.2 Å². The predicted molar refractivity (Wildman–Crippen MR) is 96.1 cm³/mol. The molecule has 0 spiro atoms. The molecule has 2 N–H and O–H groups in total. The summed E-state index contributed by atoms with van der Waals surface area (Å²) < 4.78 is 3.92. The van der Waals surface area contributed by atoms with Crippen molar-refractivity contribution in [1.82, 2.24) is 0 Å². The third-order valence-electron chi connectivity index (χ3n) is 2.83. The number of thioether (sulfide) groups is 5. The predicted octanol–water partition coefficient (Wildman–Crippen LogP) is 4.65. The Morgan fingerprint density at radius 3 is 2.15 bits per heavy atom. The molecule has 7 heteroatoms. The summed E-state index contributed by atoms with van der Waals surface area (Å²) in [5.74, 6) is 0. The van der Waals surface area contributed by atoms with Crippen LogP contribution in [-0.4, -0.2) is 23.4 Å². The van der Waals surface area contributed by atoms with Gasteiger partial charge in [-0.2, -0.15) is 0 Å². The Kier molecular flexibility index (Phi) is 5.07. The van der Waals surface area contributed by atoms with E-state index in [9.17, 15) is 10.2 Å². The molecule has 3 aliphatic rings. The molecule has 0 aliphatic carbocycles. The van der Waals surface area contributed by atoms with Crippen LogP contribution in [0.4, 0.5) is 0 Å². The Bertz CT molecular complexity index is 564. The highest BCUT2D eigenvalue weighted by atomic mass is 32.3. The molecule has 3 rings (SSSR count). The fourth-order valence-corrected chi connectivity index (χ4v) is 8.40. The van der Waals surface area contributed by atoms with E-state index in [0.29, 0.717) is 6.42 Å². The van der Waals surface area contributed by atoms with E-state index in [1.807, 2.05) is 0 Å². The van der Waals surface area contributed by atoms with Crippen LogP contribution in [0.2, 0.25) is 0 Å². The zero-order valence-electron chi connectivity index (χ0n) is 10.4. The lowest BCUT2D eigenvalue weighted by atomic mass is 10.1. The minimum absolute atomic E-state index is 0.00478. The van der Waals surface area contributed by atoms with Crippen molar-refractivity contribution in [3.8, 4) is 0 Å². The lowest BCUT2D eigenvalue weighted by Crippen LogP contribution is -2.06. The van der Waals surface area contributed by atoms with E-state index in [1.165, 1.54) is 12.7 Å². The molecule has 2 nitrogen and oxygen atoms in total. The fraction of sp³-hybridized carbons (Fsp3) is 0.231. The van der Waals surface area contributed by atoms with E-state index >= 15 is 0 Å². The lowest BCUT2D eigenvalue weighted by molar-refractivity contribution is 0.315. The van der Waals surface area contributed by atoms with Gasteiger partial charge in [-0.15, -0.1) is 0 Å². The van der Waals surface area contributed by atoms with Gasteiger partial charge in [-0.1, -0.05) is 65.4 Å². The van der Waals surface area contributed by atoms with Crippen LogP contribution in [0.1, 0.15) is 6.42 Å². The Morgan fingerprint density at radius 1 is 0.950 bits per heavy atom. The highest BCUT2D eigenvalue weighted by Gasteiger charge is 2.29. The van der Waals surface area contributed by atoms with Crippen LogP contribution in [0.25, 0.3) is 0 Å². The van der Waals surface area contributed by atoms with Gasteiger partial charge in [0.15, 0.2) is 0 Å². The van der Waals surface area contributed by atoms with Gasteiger partial charge >= 0.3 is 0 Å². The quantitative estimate of drug-likeness (QED) is 0.743. The molecule has 0 fully saturated rings. The van der Waals surface area contributed by atoms with Crippen LogP contribution in [0.15, 0.2) is 51.1 Å². The third-order valence-corrected chi connectivity index (χ3v) is 9.66. The summed E-state index contributed by atoms with van der Waals surface area (Å²) in [6.07, 6.45) is 0.655. The average Bonchev–Trinajstić information content (AvgIpc) is 2.90. The van der Waals surface area contributed by atoms with Gasteiger partial charge < -0.3 is 10.2 Å². The summed E-state index contributed by atoms with van der Waals surface area (Å²) in [6.45, 7) is 4.12. The molecule has 0 radical (unpaired) electrons. The van der Waals surface area contributed by atoms with Gasteiger partial charge in [-0.3, -0.25) is 0 Å². The molecule has 0 saturated heterocycles. The van der Waals surface area contributed by atoms with Crippen molar-refractivity contribution in [1.29, 1.82) is 0 Å². The summed E-state index contributed by atoms with van der Waals surface area (Å²) in [5.41, 5.74) is 1.93. The van der Waals surface area contributed by atoms with E-state index in [4.69, 9.17) is 0 Å². The molecular weight excluding hydrogens is 348 g/mol. The maximum Gasteiger partial charge on any atom is 0.0744 e. The van der Waals surface area contributed by atoms with Crippen LogP contribution < -0.4 is 0 Å². The van der Waals surface area contributed by atoms with Gasteiger partial charge in [-0.25, -0.2) is 0 Å². The second kappa shape index (κ2) is 6.64. The highest BCUT2D eigenvalue weighted by molar-refractivity contribution is 8.42.